The molecule has 0 spiro atoms. The fraction of sp³-hybridized carbons (Fsp3) is 0.909. The molecule has 0 saturated carbocycles. The summed E-state index contributed by atoms with van der Waals surface area (Å²) in [5.41, 5.74) is -1.96. The lowest BCUT2D eigenvalue weighted by molar-refractivity contribution is -0.502. The first kappa shape index (κ1) is 25.9. The van der Waals surface area contributed by atoms with Crippen LogP contribution in [0.3, 0.4) is 0 Å². The van der Waals surface area contributed by atoms with Gasteiger partial charge in [0.2, 0.25) is 5.60 Å². The molecule has 0 aliphatic carbocycles. The molecule has 1 N–H and O–H groups in total. The molecule has 1 aliphatic rings. The molecule has 5 atom stereocenters. The van der Waals surface area contributed by atoms with Crippen molar-refractivity contribution in [3.63, 3.8) is 0 Å². The van der Waals surface area contributed by atoms with Crippen molar-refractivity contribution in [1.29, 1.82) is 0 Å². The second kappa shape index (κ2) is 11.9. The zero-order chi connectivity index (χ0) is 22.1. The summed E-state index contributed by atoms with van der Waals surface area (Å²) in [5, 5.41) is 9.69. The number of hydrogen-bond acceptors (Lipinski definition) is 7. The fourth-order valence-electron chi connectivity index (χ4n) is 4.21. The van der Waals surface area contributed by atoms with Crippen LogP contribution in [0.25, 0.3) is 0 Å². The first-order valence-corrected chi connectivity index (χ1v) is 11.2. The molecule has 1 rings (SSSR count). The summed E-state index contributed by atoms with van der Waals surface area (Å²) >= 11 is 0. The van der Waals surface area contributed by atoms with Crippen molar-refractivity contribution in [3.05, 3.63) is 0 Å². The maximum atomic E-state index is 13.0. The third-order valence-corrected chi connectivity index (χ3v) is 6.05. The Bertz CT molecular complexity index is 517. The molecule has 7 nitrogen and oxygen atoms in total. The Morgan fingerprint density at radius 1 is 1.14 bits per heavy atom. The Hall–Kier alpha value is -1.18. The van der Waals surface area contributed by atoms with E-state index in [1.54, 1.807) is 6.92 Å². The average Bonchev–Trinajstić information content (AvgIpc) is 2.66. The van der Waals surface area contributed by atoms with E-state index in [0.29, 0.717) is 38.5 Å². The summed E-state index contributed by atoms with van der Waals surface area (Å²) in [6.07, 6.45) is 5.24. The van der Waals surface area contributed by atoms with Crippen molar-refractivity contribution in [3.8, 4) is 0 Å². The number of hydrogen-bond donors (Lipinski definition) is 1. The SMILES string of the molecule is CCCCC(CC)(CC(C)CC(C)O)C(=O)OOC(=O)C1(CC)OOC1CCC. The van der Waals surface area contributed by atoms with Crippen LogP contribution in [-0.2, 0) is 29.1 Å². The van der Waals surface area contributed by atoms with Gasteiger partial charge in [-0.15, -0.1) is 0 Å². The van der Waals surface area contributed by atoms with Crippen LogP contribution in [0.15, 0.2) is 0 Å². The van der Waals surface area contributed by atoms with Gasteiger partial charge in [-0.05, 0) is 51.4 Å². The van der Waals surface area contributed by atoms with Crippen LogP contribution in [0.4, 0.5) is 0 Å². The molecule has 1 heterocycles. The standard InChI is InChI=1S/C22H40O7/c1-7-11-13-21(9-3,15-16(5)14-17(6)23)19(24)27-28-20(25)22(10-4)18(12-8-2)26-29-22/h16-18,23H,7-15H2,1-6H3. The van der Waals surface area contributed by atoms with Gasteiger partial charge in [0.15, 0.2) is 0 Å². The number of rotatable bonds is 13. The molecule has 0 amide bonds. The third-order valence-electron chi connectivity index (χ3n) is 6.05. The smallest absolute Gasteiger partial charge is 0.393 e. The molecule has 1 aliphatic heterocycles. The van der Waals surface area contributed by atoms with Crippen LogP contribution in [0.5, 0.6) is 0 Å². The van der Waals surface area contributed by atoms with Crippen molar-refractivity contribution in [2.24, 2.45) is 11.3 Å². The molecule has 7 heteroatoms. The largest absolute Gasteiger partial charge is 0.393 e. The fourth-order valence-corrected chi connectivity index (χ4v) is 4.21. The van der Waals surface area contributed by atoms with Gasteiger partial charge in [0.1, 0.15) is 6.10 Å². The minimum atomic E-state index is -1.21. The minimum absolute atomic E-state index is 0.134. The topological polar surface area (TPSA) is 91.3 Å². The van der Waals surface area contributed by atoms with Crippen molar-refractivity contribution in [2.45, 2.75) is 117 Å². The summed E-state index contributed by atoms with van der Waals surface area (Å²) in [4.78, 5) is 45.9. The zero-order valence-corrected chi connectivity index (χ0v) is 19.0. The van der Waals surface area contributed by atoms with Gasteiger partial charge in [0, 0.05) is 0 Å². The maximum absolute atomic E-state index is 13.0. The lowest BCUT2D eigenvalue weighted by Crippen LogP contribution is -2.61. The summed E-state index contributed by atoms with van der Waals surface area (Å²) in [7, 11) is 0. The number of unbranched alkanes of at least 4 members (excludes halogenated alkanes) is 1. The quantitative estimate of drug-likeness (QED) is 0.345. The third kappa shape index (κ3) is 6.40. The minimum Gasteiger partial charge on any atom is -0.393 e. The van der Waals surface area contributed by atoms with Gasteiger partial charge in [0.05, 0.1) is 11.5 Å². The van der Waals surface area contributed by atoms with Crippen LogP contribution in [0.2, 0.25) is 0 Å². The van der Waals surface area contributed by atoms with E-state index in [1.165, 1.54) is 0 Å². The number of carbonyl (C=O) groups is 2. The van der Waals surface area contributed by atoms with Gasteiger partial charge in [-0.2, -0.15) is 0 Å². The van der Waals surface area contributed by atoms with E-state index in [2.05, 4.69) is 6.92 Å². The second-order valence-corrected chi connectivity index (χ2v) is 8.57. The Kier molecular flexibility index (Phi) is 10.6. The zero-order valence-electron chi connectivity index (χ0n) is 19.0. The average molecular weight is 417 g/mol. The van der Waals surface area contributed by atoms with Gasteiger partial charge in [-0.1, -0.05) is 53.9 Å². The van der Waals surface area contributed by atoms with Crippen molar-refractivity contribution >= 4 is 11.9 Å². The Morgan fingerprint density at radius 3 is 2.28 bits per heavy atom. The van der Waals surface area contributed by atoms with Gasteiger partial charge >= 0.3 is 11.9 Å². The molecule has 1 saturated heterocycles. The van der Waals surface area contributed by atoms with E-state index in [4.69, 9.17) is 19.6 Å². The van der Waals surface area contributed by atoms with E-state index < -0.39 is 35.2 Å². The molecule has 0 bridgehead atoms. The monoisotopic (exact) mass is 416 g/mol. The first-order valence-electron chi connectivity index (χ1n) is 11.2. The van der Waals surface area contributed by atoms with E-state index in [0.717, 1.165) is 19.3 Å². The molecule has 0 aromatic heterocycles. The van der Waals surface area contributed by atoms with E-state index in [1.807, 2.05) is 27.7 Å². The molecule has 0 radical (unpaired) electrons. The molecule has 29 heavy (non-hydrogen) atoms. The second-order valence-electron chi connectivity index (χ2n) is 8.57. The highest BCUT2D eigenvalue weighted by Crippen LogP contribution is 2.40. The lowest BCUT2D eigenvalue weighted by Gasteiger charge is -2.43. The number of aliphatic hydroxyl groups excluding tert-OH is 1. The lowest BCUT2D eigenvalue weighted by atomic mass is 9.73. The summed E-state index contributed by atoms with van der Waals surface area (Å²) in [6, 6.07) is 0. The van der Waals surface area contributed by atoms with Crippen LogP contribution in [0.1, 0.15) is 99.3 Å². The highest BCUT2D eigenvalue weighted by atomic mass is 17.3. The molecule has 0 aromatic carbocycles. The van der Waals surface area contributed by atoms with Crippen molar-refractivity contribution in [2.75, 3.05) is 0 Å². The molecule has 1 fully saturated rings. The number of aliphatic hydroxyl groups is 1. The van der Waals surface area contributed by atoms with Crippen LogP contribution in [0, 0.1) is 11.3 Å². The first-order chi connectivity index (χ1) is 13.7. The summed E-state index contributed by atoms with van der Waals surface area (Å²) in [6.45, 7) is 11.6. The van der Waals surface area contributed by atoms with Crippen LogP contribution < -0.4 is 0 Å². The molecule has 0 aromatic rings. The Morgan fingerprint density at radius 2 is 1.83 bits per heavy atom. The number of carbonyl (C=O) groups excluding carboxylic acids is 2. The predicted octanol–water partition coefficient (Wildman–Crippen LogP) is 4.65. The van der Waals surface area contributed by atoms with Crippen LogP contribution >= 0.6 is 0 Å². The molecular weight excluding hydrogens is 376 g/mol. The van der Waals surface area contributed by atoms with Gasteiger partial charge in [0.25, 0.3) is 0 Å². The van der Waals surface area contributed by atoms with Crippen molar-refractivity contribution in [1.82, 2.24) is 0 Å². The van der Waals surface area contributed by atoms with E-state index in [-0.39, 0.29) is 5.92 Å². The highest BCUT2D eigenvalue weighted by Gasteiger charge is 2.58. The molecule has 170 valence electrons. The van der Waals surface area contributed by atoms with Gasteiger partial charge in [-0.3, -0.25) is 0 Å². The van der Waals surface area contributed by atoms with E-state index in [9.17, 15) is 14.7 Å². The molecule has 5 unspecified atom stereocenters. The van der Waals surface area contributed by atoms with Gasteiger partial charge in [-0.25, -0.2) is 29.1 Å². The molecular formula is C22H40O7. The predicted molar refractivity (Wildman–Crippen MR) is 108 cm³/mol. The normalized spacial score (nSPS) is 25.4. The summed E-state index contributed by atoms with van der Waals surface area (Å²) < 4.78 is 0. The van der Waals surface area contributed by atoms with Gasteiger partial charge < -0.3 is 5.11 Å². The maximum Gasteiger partial charge on any atom is 0.393 e. The summed E-state index contributed by atoms with van der Waals surface area (Å²) in [5.74, 6) is -1.12. The highest BCUT2D eigenvalue weighted by molar-refractivity contribution is 5.82. The van der Waals surface area contributed by atoms with Crippen LogP contribution in [-0.4, -0.2) is 34.9 Å². The Labute approximate surface area is 175 Å². The van der Waals surface area contributed by atoms with E-state index >= 15 is 0 Å². The Balaban J connectivity index is 2.84. The van der Waals surface area contributed by atoms with Crippen molar-refractivity contribution < 1.29 is 34.2 Å².